The van der Waals surface area contributed by atoms with E-state index in [2.05, 4.69) is 11.8 Å². The van der Waals surface area contributed by atoms with Crippen LogP contribution in [0.4, 0.5) is 0 Å². The predicted molar refractivity (Wildman–Crippen MR) is 54.3 cm³/mol. The summed E-state index contributed by atoms with van der Waals surface area (Å²) in [7, 11) is 0. The van der Waals surface area contributed by atoms with E-state index in [1.807, 2.05) is 0 Å². The summed E-state index contributed by atoms with van der Waals surface area (Å²) in [6.45, 7) is 0. The zero-order chi connectivity index (χ0) is 12.1. The standard InChI is InChI=1S/C11H8O5/c12-4-2-1-3-8-9(13)5-7(11(15)16)6-10(8)14/h4-6,13-14H,2H2,(H,15,16). The number of carbonyl (C=O) groups excluding carboxylic acids is 1. The van der Waals surface area contributed by atoms with Gasteiger partial charge >= 0.3 is 5.97 Å². The molecular formula is C11H8O5. The number of phenolic OH excluding ortho intramolecular Hbond substituents is 2. The first-order chi connectivity index (χ1) is 7.56. The highest BCUT2D eigenvalue weighted by Gasteiger charge is 2.11. The van der Waals surface area contributed by atoms with Crippen LogP contribution in [0.25, 0.3) is 0 Å². The second-order valence-corrected chi connectivity index (χ2v) is 2.87. The predicted octanol–water partition coefficient (Wildman–Crippen LogP) is 0.736. The van der Waals surface area contributed by atoms with Gasteiger partial charge in [-0.2, -0.15) is 0 Å². The van der Waals surface area contributed by atoms with E-state index in [1.54, 1.807) is 0 Å². The van der Waals surface area contributed by atoms with Crippen LogP contribution in [0.5, 0.6) is 11.5 Å². The highest BCUT2D eigenvalue weighted by atomic mass is 16.4. The highest BCUT2D eigenvalue weighted by Crippen LogP contribution is 2.27. The third-order valence-corrected chi connectivity index (χ3v) is 1.74. The zero-order valence-corrected chi connectivity index (χ0v) is 8.10. The monoisotopic (exact) mass is 220 g/mol. The summed E-state index contributed by atoms with van der Waals surface area (Å²) in [5.74, 6) is 2.64. The van der Waals surface area contributed by atoms with Gasteiger partial charge in [0.1, 0.15) is 23.3 Å². The van der Waals surface area contributed by atoms with E-state index in [1.165, 1.54) is 0 Å². The van der Waals surface area contributed by atoms with Gasteiger partial charge in [0.25, 0.3) is 0 Å². The van der Waals surface area contributed by atoms with Gasteiger partial charge in [-0.1, -0.05) is 11.8 Å². The molecule has 1 rings (SSSR count). The maximum Gasteiger partial charge on any atom is 0.335 e. The minimum atomic E-state index is -1.27. The molecule has 0 aliphatic heterocycles. The third-order valence-electron chi connectivity index (χ3n) is 1.74. The summed E-state index contributed by atoms with van der Waals surface area (Å²) in [6.07, 6.45) is 0.548. The number of hydrogen-bond acceptors (Lipinski definition) is 4. The fraction of sp³-hybridized carbons (Fsp3) is 0.0909. The van der Waals surface area contributed by atoms with Crippen LogP contribution in [0.1, 0.15) is 22.3 Å². The number of carboxylic acid groups (broad SMARTS) is 1. The highest BCUT2D eigenvalue weighted by molar-refractivity contribution is 5.89. The number of hydrogen-bond donors (Lipinski definition) is 3. The molecule has 3 N–H and O–H groups in total. The first kappa shape index (κ1) is 11.6. The molecule has 0 aliphatic rings. The summed E-state index contributed by atoms with van der Waals surface area (Å²) in [4.78, 5) is 20.6. The summed E-state index contributed by atoms with van der Waals surface area (Å²) < 4.78 is 0. The maximum atomic E-state index is 10.6. The van der Waals surface area contributed by atoms with Gasteiger partial charge in [-0.25, -0.2) is 4.79 Å². The lowest BCUT2D eigenvalue weighted by Crippen LogP contribution is -1.96. The van der Waals surface area contributed by atoms with E-state index in [4.69, 9.17) is 5.11 Å². The molecule has 0 heterocycles. The van der Waals surface area contributed by atoms with Crippen molar-refractivity contribution in [2.24, 2.45) is 0 Å². The second-order valence-electron chi connectivity index (χ2n) is 2.87. The molecule has 0 spiro atoms. The van der Waals surface area contributed by atoms with Gasteiger partial charge in [0.05, 0.1) is 12.0 Å². The Bertz CT molecular complexity index is 470. The van der Waals surface area contributed by atoms with Crippen LogP contribution >= 0.6 is 0 Å². The van der Waals surface area contributed by atoms with Gasteiger partial charge in [-0.05, 0) is 12.1 Å². The lowest BCUT2D eigenvalue weighted by Gasteiger charge is -2.02. The molecule has 1 aromatic carbocycles. The lowest BCUT2D eigenvalue weighted by molar-refractivity contribution is -0.107. The summed E-state index contributed by atoms with van der Waals surface area (Å²) in [5.41, 5.74) is -0.331. The van der Waals surface area contributed by atoms with Crippen molar-refractivity contribution in [1.29, 1.82) is 0 Å². The fourth-order valence-electron chi connectivity index (χ4n) is 1.04. The van der Waals surface area contributed by atoms with E-state index in [9.17, 15) is 19.8 Å². The largest absolute Gasteiger partial charge is 0.506 e. The van der Waals surface area contributed by atoms with Crippen molar-refractivity contribution in [2.75, 3.05) is 0 Å². The minimum absolute atomic E-state index is 0.0282. The normalized spacial score (nSPS) is 9.00. The van der Waals surface area contributed by atoms with Crippen LogP contribution in [0, 0.1) is 11.8 Å². The molecule has 0 saturated heterocycles. The SMILES string of the molecule is O=CCC#Cc1c(O)cc(C(=O)O)cc1O. The molecular weight excluding hydrogens is 212 g/mol. The van der Waals surface area contributed by atoms with Crippen LogP contribution in [0.2, 0.25) is 0 Å². The first-order valence-corrected chi connectivity index (χ1v) is 4.28. The zero-order valence-electron chi connectivity index (χ0n) is 8.10. The van der Waals surface area contributed by atoms with E-state index >= 15 is 0 Å². The first-order valence-electron chi connectivity index (χ1n) is 4.28. The van der Waals surface area contributed by atoms with Crippen molar-refractivity contribution >= 4 is 12.3 Å². The molecule has 5 nitrogen and oxygen atoms in total. The third kappa shape index (κ3) is 2.51. The Morgan fingerprint density at radius 3 is 2.31 bits per heavy atom. The molecule has 0 atom stereocenters. The number of phenols is 2. The number of rotatable bonds is 2. The number of benzene rings is 1. The molecule has 0 aliphatic carbocycles. The number of carbonyl (C=O) groups is 2. The Kier molecular flexibility index (Phi) is 3.51. The van der Waals surface area contributed by atoms with Gasteiger partial charge in [0, 0.05) is 0 Å². The number of aldehydes is 1. The van der Waals surface area contributed by atoms with Crippen molar-refractivity contribution < 1.29 is 24.9 Å². The Hall–Kier alpha value is -2.48. The van der Waals surface area contributed by atoms with Crippen molar-refractivity contribution in [3.05, 3.63) is 23.3 Å². The van der Waals surface area contributed by atoms with E-state index in [0.29, 0.717) is 6.29 Å². The van der Waals surface area contributed by atoms with E-state index in [0.717, 1.165) is 12.1 Å². The molecule has 0 fully saturated rings. The van der Waals surface area contributed by atoms with Crippen LogP contribution in [0.3, 0.4) is 0 Å². The fourth-order valence-corrected chi connectivity index (χ4v) is 1.04. The maximum absolute atomic E-state index is 10.6. The van der Waals surface area contributed by atoms with Crippen LogP contribution < -0.4 is 0 Å². The van der Waals surface area contributed by atoms with Gasteiger partial charge in [0.2, 0.25) is 0 Å². The van der Waals surface area contributed by atoms with Crippen molar-refractivity contribution in [3.8, 4) is 23.3 Å². The topological polar surface area (TPSA) is 94.8 Å². The molecule has 1 aromatic rings. The van der Waals surface area contributed by atoms with E-state index in [-0.39, 0.29) is 17.5 Å². The molecule has 0 unspecified atom stereocenters. The van der Waals surface area contributed by atoms with Crippen LogP contribution in [-0.2, 0) is 4.79 Å². The average molecular weight is 220 g/mol. The molecule has 0 bridgehead atoms. The molecule has 0 amide bonds. The van der Waals surface area contributed by atoms with E-state index < -0.39 is 17.5 Å². The van der Waals surface area contributed by atoms with Crippen molar-refractivity contribution in [2.45, 2.75) is 6.42 Å². The van der Waals surface area contributed by atoms with Crippen LogP contribution in [0.15, 0.2) is 12.1 Å². The van der Waals surface area contributed by atoms with Crippen molar-refractivity contribution in [1.82, 2.24) is 0 Å². The van der Waals surface area contributed by atoms with Crippen molar-refractivity contribution in [3.63, 3.8) is 0 Å². The van der Waals surface area contributed by atoms with Gasteiger partial charge in [0.15, 0.2) is 0 Å². The quantitative estimate of drug-likeness (QED) is 0.504. The molecule has 5 heteroatoms. The summed E-state index contributed by atoms with van der Waals surface area (Å²) in [5, 5.41) is 27.4. The average Bonchev–Trinajstić information content (AvgIpc) is 2.21. The Morgan fingerprint density at radius 1 is 1.31 bits per heavy atom. The lowest BCUT2D eigenvalue weighted by atomic mass is 10.1. The molecule has 82 valence electrons. The Labute approximate surface area is 91.0 Å². The molecule has 0 saturated carbocycles. The molecule has 0 radical (unpaired) electrons. The van der Waals surface area contributed by atoms with Gasteiger partial charge in [-0.3, -0.25) is 0 Å². The number of carboxylic acids is 1. The Balaban J connectivity index is 3.19. The summed E-state index contributed by atoms with van der Waals surface area (Å²) in [6, 6.07) is 1.96. The van der Waals surface area contributed by atoms with Gasteiger partial charge in [-0.15, -0.1) is 0 Å². The van der Waals surface area contributed by atoms with Gasteiger partial charge < -0.3 is 20.1 Å². The minimum Gasteiger partial charge on any atom is -0.506 e. The van der Waals surface area contributed by atoms with Crippen LogP contribution in [-0.4, -0.2) is 27.6 Å². The molecule has 0 aromatic heterocycles. The Morgan fingerprint density at radius 2 is 1.88 bits per heavy atom. The second kappa shape index (κ2) is 4.84. The number of aromatic carboxylic acids is 1. The smallest absolute Gasteiger partial charge is 0.335 e. The summed E-state index contributed by atoms with van der Waals surface area (Å²) >= 11 is 0. The molecule has 16 heavy (non-hydrogen) atoms. The number of aromatic hydroxyl groups is 2.